The van der Waals surface area contributed by atoms with E-state index in [2.05, 4.69) is 24.0 Å². The molecule has 1 aromatic carbocycles. The highest BCUT2D eigenvalue weighted by Gasteiger charge is 2.15. The van der Waals surface area contributed by atoms with Gasteiger partial charge in [0, 0.05) is 6.42 Å². The molecule has 0 amide bonds. The van der Waals surface area contributed by atoms with Gasteiger partial charge in [-0.15, -0.1) is 0 Å². The topological polar surface area (TPSA) is 74.2 Å². The molecule has 0 spiro atoms. The van der Waals surface area contributed by atoms with Gasteiger partial charge in [-0.3, -0.25) is 0 Å². The summed E-state index contributed by atoms with van der Waals surface area (Å²) >= 11 is 0. The average Bonchev–Trinajstić information content (AvgIpc) is 2.88. The minimum absolute atomic E-state index is 0.189. The van der Waals surface area contributed by atoms with Crippen LogP contribution in [0.25, 0.3) is 0 Å². The van der Waals surface area contributed by atoms with Crippen LogP contribution in [0.1, 0.15) is 38.0 Å². The molecule has 0 aliphatic carbocycles. The van der Waals surface area contributed by atoms with Gasteiger partial charge in [0.1, 0.15) is 5.75 Å². The van der Waals surface area contributed by atoms with Crippen molar-refractivity contribution in [3.8, 4) is 5.75 Å². The number of aromatic nitrogens is 2. The van der Waals surface area contributed by atoms with Crippen LogP contribution in [0.3, 0.4) is 0 Å². The summed E-state index contributed by atoms with van der Waals surface area (Å²) in [6, 6.07) is 9.47. The zero-order chi connectivity index (χ0) is 14.4. The monoisotopic (exact) mass is 275 g/mol. The number of rotatable bonds is 7. The molecule has 20 heavy (non-hydrogen) atoms. The Bertz CT molecular complexity index is 511. The van der Waals surface area contributed by atoms with Crippen molar-refractivity contribution in [1.29, 1.82) is 0 Å². The summed E-state index contributed by atoms with van der Waals surface area (Å²) in [6.45, 7) is 4.75. The van der Waals surface area contributed by atoms with E-state index in [0.29, 0.717) is 30.7 Å². The van der Waals surface area contributed by atoms with Gasteiger partial charge in [-0.1, -0.05) is 37.2 Å². The molecule has 0 bridgehead atoms. The third-order valence-electron chi connectivity index (χ3n) is 2.86. The van der Waals surface area contributed by atoms with Gasteiger partial charge in [0.2, 0.25) is 5.89 Å². The summed E-state index contributed by atoms with van der Waals surface area (Å²) in [7, 11) is 0. The lowest BCUT2D eigenvalue weighted by Gasteiger charge is -2.08. The molecular weight excluding hydrogens is 254 g/mol. The average molecular weight is 275 g/mol. The molecule has 1 aromatic heterocycles. The van der Waals surface area contributed by atoms with Crippen LogP contribution in [-0.2, 0) is 6.42 Å². The number of ether oxygens (including phenoxy) is 1. The predicted molar refractivity (Wildman–Crippen MR) is 76.3 cm³/mol. The lowest BCUT2D eigenvalue weighted by molar-refractivity contribution is 0.310. The van der Waals surface area contributed by atoms with Crippen LogP contribution in [0, 0.1) is 5.92 Å². The zero-order valence-electron chi connectivity index (χ0n) is 12.0. The van der Waals surface area contributed by atoms with E-state index in [-0.39, 0.29) is 6.04 Å². The first-order valence-electron chi connectivity index (χ1n) is 6.91. The first kappa shape index (κ1) is 14.5. The van der Waals surface area contributed by atoms with E-state index < -0.39 is 0 Å². The van der Waals surface area contributed by atoms with E-state index in [1.165, 1.54) is 0 Å². The molecule has 0 unspecified atom stereocenters. The summed E-state index contributed by atoms with van der Waals surface area (Å²) in [5.41, 5.74) is 6.00. The number of hydrogen-bond donors (Lipinski definition) is 1. The van der Waals surface area contributed by atoms with E-state index in [9.17, 15) is 0 Å². The number of benzene rings is 1. The Hall–Kier alpha value is -1.88. The van der Waals surface area contributed by atoms with E-state index in [0.717, 1.165) is 12.2 Å². The van der Waals surface area contributed by atoms with E-state index in [1.54, 1.807) is 0 Å². The maximum Gasteiger partial charge on any atom is 0.243 e. The normalized spacial score (nSPS) is 12.6. The summed E-state index contributed by atoms with van der Waals surface area (Å²) in [6.07, 6.45) is 1.44. The molecule has 2 N–H and O–H groups in total. The van der Waals surface area contributed by atoms with Crippen molar-refractivity contribution in [2.75, 3.05) is 6.61 Å². The summed E-state index contributed by atoms with van der Waals surface area (Å²) < 4.78 is 10.8. The maximum atomic E-state index is 6.00. The highest BCUT2D eigenvalue weighted by atomic mass is 16.5. The Morgan fingerprint density at radius 1 is 1.25 bits per heavy atom. The van der Waals surface area contributed by atoms with Crippen LogP contribution in [-0.4, -0.2) is 16.7 Å². The lowest BCUT2D eigenvalue weighted by Crippen LogP contribution is -2.13. The Morgan fingerprint density at radius 3 is 2.70 bits per heavy atom. The zero-order valence-corrected chi connectivity index (χ0v) is 12.0. The second kappa shape index (κ2) is 7.05. The molecule has 5 nitrogen and oxygen atoms in total. The lowest BCUT2D eigenvalue weighted by atomic mass is 10.0. The number of hydrogen-bond acceptors (Lipinski definition) is 5. The molecule has 0 aliphatic rings. The molecule has 2 rings (SSSR count). The van der Waals surface area contributed by atoms with E-state index in [4.69, 9.17) is 15.0 Å². The molecular formula is C15H21N3O2. The van der Waals surface area contributed by atoms with Gasteiger partial charge in [0.05, 0.1) is 12.6 Å². The summed E-state index contributed by atoms with van der Waals surface area (Å²) in [5.74, 6) is 2.48. The summed E-state index contributed by atoms with van der Waals surface area (Å²) in [5, 5.41) is 3.93. The van der Waals surface area contributed by atoms with E-state index in [1.807, 2.05) is 30.3 Å². The van der Waals surface area contributed by atoms with Crippen molar-refractivity contribution in [2.45, 2.75) is 32.7 Å². The van der Waals surface area contributed by atoms with Gasteiger partial charge in [-0.25, -0.2) is 0 Å². The molecule has 5 heteroatoms. The Labute approximate surface area is 119 Å². The molecule has 1 heterocycles. The van der Waals surface area contributed by atoms with Gasteiger partial charge in [0.15, 0.2) is 5.82 Å². The van der Waals surface area contributed by atoms with Crippen LogP contribution >= 0.6 is 0 Å². The fourth-order valence-electron chi connectivity index (χ4n) is 1.91. The van der Waals surface area contributed by atoms with Crippen LogP contribution in [0.2, 0.25) is 0 Å². The van der Waals surface area contributed by atoms with Crippen LogP contribution in [0.15, 0.2) is 34.9 Å². The number of nitrogens with zero attached hydrogens (tertiary/aromatic N) is 2. The van der Waals surface area contributed by atoms with Crippen LogP contribution < -0.4 is 10.5 Å². The molecule has 0 saturated carbocycles. The number of nitrogens with two attached hydrogens (primary N) is 1. The fourth-order valence-corrected chi connectivity index (χ4v) is 1.91. The second-order valence-corrected chi connectivity index (χ2v) is 5.20. The van der Waals surface area contributed by atoms with Gasteiger partial charge < -0.3 is 15.0 Å². The summed E-state index contributed by atoms with van der Waals surface area (Å²) in [4.78, 5) is 4.31. The smallest absolute Gasteiger partial charge is 0.243 e. The van der Waals surface area contributed by atoms with Crippen molar-refractivity contribution < 1.29 is 9.26 Å². The Balaban J connectivity index is 1.81. The third kappa shape index (κ3) is 4.35. The molecule has 0 fully saturated rings. The van der Waals surface area contributed by atoms with Crippen molar-refractivity contribution in [3.63, 3.8) is 0 Å². The number of para-hydroxylation sites is 1. The molecule has 108 valence electrons. The first-order valence-corrected chi connectivity index (χ1v) is 6.91. The minimum Gasteiger partial charge on any atom is -0.493 e. The Kier molecular flexibility index (Phi) is 5.12. The van der Waals surface area contributed by atoms with Gasteiger partial charge in [-0.05, 0) is 24.5 Å². The minimum atomic E-state index is -0.189. The Morgan fingerprint density at radius 2 is 2.00 bits per heavy atom. The van der Waals surface area contributed by atoms with Crippen molar-refractivity contribution in [3.05, 3.63) is 42.0 Å². The van der Waals surface area contributed by atoms with E-state index >= 15 is 0 Å². The van der Waals surface area contributed by atoms with Crippen LogP contribution in [0.5, 0.6) is 5.75 Å². The first-order chi connectivity index (χ1) is 9.65. The van der Waals surface area contributed by atoms with Crippen LogP contribution in [0.4, 0.5) is 0 Å². The molecule has 1 atom stereocenters. The van der Waals surface area contributed by atoms with Crippen molar-refractivity contribution in [2.24, 2.45) is 11.7 Å². The fraction of sp³-hybridized carbons (Fsp3) is 0.467. The molecule has 0 aliphatic heterocycles. The SMILES string of the molecule is CC(C)C[C@H](N)c1nc(CCOc2ccccc2)no1. The molecule has 2 aromatic rings. The quantitative estimate of drug-likeness (QED) is 0.841. The molecule has 0 radical (unpaired) electrons. The second-order valence-electron chi connectivity index (χ2n) is 5.20. The van der Waals surface area contributed by atoms with Crippen molar-refractivity contribution >= 4 is 0 Å². The molecule has 0 saturated heterocycles. The third-order valence-corrected chi connectivity index (χ3v) is 2.86. The van der Waals surface area contributed by atoms with Gasteiger partial charge in [-0.2, -0.15) is 4.98 Å². The highest BCUT2D eigenvalue weighted by Crippen LogP contribution is 2.17. The highest BCUT2D eigenvalue weighted by molar-refractivity contribution is 5.20. The largest absolute Gasteiger partial charge is 0.493 e. The van der Waals surface area contributed by atoms with Crippen molar-refractivity contribution in [1.82, 2.24) is 10.1 Å². The predicted octanol–water partition coefficient (Wildman–Crippen LogP) is 2.74. The van der Waals surface area contributed by atoms with Gasteiger partial charge >= 0.3 is 0 Å². The maximum absolute atomic E-state index is 6.00. The standard InChI is InChI=1S/C15H21N3O2/c1-11(2)10-13(16)15-17-14(18-20-15)8-9-19-12-6-4-3-5-7-12/h3-7,11,13H,8-10,16H2,1-2H3/t13-/m0/s1. The van der Waals surface area contributed by atoms with Gasteiger partial charge in [0.25, 0.3) is 0 Å².